The van der Waals surface area contributed by atoms with Gasteiger partial charge in [-0.15, -0.1) is 11.3 Å². The Bertz CT molecular complexity index is 801. The molecule has 10 heteroatoms. The standard InChI is InChI=1S/C13H12F4N2O2S2/c1-2-9-6-19-12(22-9)7-18-10-4-3-8(14)5-11(10)23(20,21)13(15,16)17/h3-6,18H,2,7H2,1H3. The summed E-state index contributed by atoms with van der Waals surface area (Å²) in [5.74, 6) is -1.07. The zero-order valence-corrected chi connectivity index (χ0v) is 13.4. The van der Waals surface area contributed by atoms with Crippen LogP contribution >= 0.6 is 11.3 Å². The Labute approximate surface area is 134 Å². The number of nitrogens with zero attached hydrogens (tertiary/aromatic N) is 1. The average molecular weight is 368 g/mol. The van der Waals surface area contributed by atoms with Crippen molar-refractivity contribution in [1.82, 2.24) is 4.98 Å². The Morgan fingerprint density at radius 3 is 2.57 bits per heavy atom. The number of thiazole rings is 1. The monoisotopic (exact) mass is 368 g/mol. The van der Waals surface area contributed by atoms with Crippen molar-refractivity contribution >= 4 is 26.9 Å². The first-order chi connectivity index (χ1) is 10.6. The van der Waals surface area contributed by atoms with E-state index in [-0.39, 0.29) is 12.2 Å². The number of rotatable bonds is 5. The number of nitrogens with one attached hydrogen (secondary N) is 1. The van der Waals surface area contributed by atoms with Gasteiger partial charge in [0.2, 0.25) is 0 Å². The summed E-state index contributed by atoms with van der Waals surface area (Å²) in [5.41, 5.74) is -5.83. The lowest BCUT2D eigenvalue weighted by Crippen LogP contribution is -2.24. The predicted molar refractivity (Wildman–Crippen MR) is 78.5 cm³/mol. The minimum atomic E-state index is -5.65. The van der Waals surface area contributed by atoms with Crippen LogP contribution in [0.3, 0.4) is 0 Å². The fourth-order valence-electron chi connectivity index (χ4n) is 1.75. The van der Waals surface area contributed by atoms with Gasteiger partial charge >= 0.3 is 5.51 Å². The van der Waals surface area contributed by atoms with E-state index in [4.69, 9.17) is 0 Å². The first kappa shape index (κ1) is 17.7. The van der Waals surface area contributed by atoms with Crippen LogP contribution in [0.15, 0.2) is 29.3 Å². The molecule has 2 rings (SSSR count). The Morgan fingerprint density at radius 2 is 2.00 bits per heavy atom. The second-order valence-corrected chi connectivity index (χ2v) is 7.63. The number of anilines is 1. The lowest BCUT2D eigenvalue weighted by atomic mass is 10.3. The molecule has 0 bridgehead atoms. The van der Waals surface area contributed by atoms with Gasteiger partial charge in [-0.05, 0) is 24.6 Å². The van der Waals surface area contributed by atoms with E-state index in [0.717, 1.165) is 23.4 Å². The summed E-state index contributed by atoms with van der Waals surface area (Å²) in [6.45, 7) is 1.97. The number of aryl methyl sites for hydroxylation is 1. The third-order valence-corrected chi connectivity index (χ3v) is 5.59. The van der Waals surface area contributed by atoms with Gasteiger partial charge in [-0.2, -0.15) is 13.2 Å². The average Bonchev–Trinajstić information content (AvgIpc) is 2.92. The zero-order valence-electron chi connectivity index (χ0n) is 11.8. The maximum absolute atomic E-state index is 13.2. The van der Waals surface area contributed by atoms with E-state index in [0.29, 0.717) is 11.1 Å². The smallest absolute Gasteiger partial charge is 0.377 e. The molecule has 0 unspecified atom stereocenters. The van der Waals surface area contributed by atoms with Crippen molar-refractivity contribution in [2.75, 3.05) is 5.32 Å². The first-order valence-corrected chi connectivity index (χ1v) is 8.73. The molecule has 0 radical (unpaired) electrons. The molecule has 1 N–H and O–H groups in total. The lowest BCUT2D eigenvalue weighted by molar-refractivity contribution is -0.0435. The highest BCUT2D eigenvalue weighted by molar-refractivity contribution is 7.92. The van der Waals surface area contributed by atoms with Crippen molar-refractivity contribution in [3.8, 4) is 0 Å². The van der Waals surface area contributed by atoms with E-state index < -0.39 is 26.1 Å². The Morgan fingerprint density at radius 1 is 1.30 bits per heavy atom. The van der Waals surface area contributed by atoms with E-state index in [1.54, 1.807) is 6.20 Å². The van der Waals surface area contributed by atoms with Gasteiger partial charge in [-0.3, -0.25) is 0 Å². The molecule has 0 fully saturated rings. The molecule has 1 heterocycles. The van der Waals surface area contributed by atoms with Crippen LogP contribution in [-0.2, 0) is 22.8 Å². The third-order valence-electron chi connectivity index (χ3n) is 2.92. The van der Waals surface area contributed by atoms with Crippen molar-refractivity contribution in [2.24, 2.45) is 0 Å². The molecule has 0 aliphatic rings. The topological polar surface area (TPSA) is 59.1 Å². The highest BCUT2D eigenvalue weighted by atomic mass is 32.2. The van der Waals surface area contributed by atoms with Crippen LogP contribution in [0.1, 0.15) is 16.8 Å². The van der Waals surface area contributed by atoms with Crippen LogP contribution in [0.5, 0.6) is 0 Å². The highest BCUT2D eigenvalue weighted by Gasteiger charge is 2.48. The summed E-state index contributed by atoms with van der Waals surface area (Å²) in [6, 6.07) is 2.20. The fourth-order valence-corrected chi connectivity index (χ4v) is 3.50. The number of hydrogen-bond acceptors (Lipinski definition) is 5. The fraction of sp³-hybridized carbons (Fsp3) is 0.308. The van der Waals surface area contributed by atoms with Crippen LogP contribution in [0.25, 0.3) is 0 Å². The van der Waals surface area contributed by atoms with Crippen molar-refractivity contribution in [2.45, 2.75) is 30.3 Å². The highest BCUT2D eigenvalue weighted by Crippen LogP contribution is 2.35. The largest absolute Gasteiger partial charge is 0.501 e. The van der Waals surface area contributed by atoms with Crippen LogP contribution in [0, 0.1) is 5.82 Å². The maximum Gasteiger partial charge on any atom is 0.501 e. The molecule has 0 saturated carbocycles. The Kier molecular flexibility index (Phi) is 4.95. The molecule has 126 valence electrons. The minimum absolute atomic E-state index is 0.0384. The predicted octanol–water partition coefficient (Wildman–Crippen LogP) is 3.75. The summed E-state index contributed by atoms with van der Waals surface area (Å²) in [4.78, 5) is 3.92. The van der Waals surface area contributed by atoms with E-state index >= 15 is 0 Å². The number of halogens is 4. The van der Waals surface area contributed by atoms with Crippen molar-refractivity contribution in [3.63, 3.8) is 0 Å². The van der Waals surface area contributed by atoms with Crippen molar-refractivity contribution in [1.29, 1.82) is 0 Å². The van der Waals surface area contributed by atoms with Gasteiger partial charge in [-0.25, -0.2) is 17.8 Å². The summed E-state index contributed by atoms with van der Waals surface area (Å²) in [5, 5.41) is 3.16. The Hall–Kier alpha value is -1.68. The second-order valence-electron chi connectivity index (χ2n) is 4.52. The molecular formula is C13H12F4N2O2S2. The summed E-state index contributed by atoms with van der Waals surface area (Å²) >= 11 is 1.35. The van der Waals surface area contributed by atoms with Gasteiger partial charge in [0.05, 0.1) is 12.2 Å². The minimum Gasteiger partial charge on any atom is -0.377 e. The molecule has 4 nitrogen and oxygen atoms in total. The summed E-state index contributed by atoms with van der Waals surface area (Å²) in [7, 11) is -5.65. The number of benzene rings is 1. The molecule has 0 aliphatic heterocycles. The van der Waals surface area contributed by atoms with E-state index in [2.05, 4.69) is 10.3 Å². The summed E-state index contributed by atoms with van der Waals surface area (Å²) in [6.07, 6.45) is 2.40. The first-order valence-electron chi connectivity index (χ1n) is 6.43. The van der Waals surface area contributed by atoms with Crippen LogP contribution in [-0.4, -0.2) is 18.9 Å². The molecule has 23 heavy (non-hydrogen) atoms. The second kappa shape index (κ2) is 6.44. The molecular weight excluding hydrogens is 356 g/mol. The van der Waals surface area contributed by atoms with E-state index in [1.807, 2.05) is 6.92 Å². The molecule has 2 aromatic rings. The molecule has 0 amide bonds. The molecule has 0 spiro atoms. The third kappa shape index (κ3) is 3.81. The lowest BCUT2D eigenvalue weighted by Gasteiger charge is -2.13. The van der Waals surface area contributed by atoms with Gasteiger partial charge in [0.15, 0.2) is 0 Å². The van der Waals surface area contributed by atoms with Gasteiger partial charge in [-0.1, -0.05) is 6.92 Å². The SMILES string of the molecule is CCc1cnc(CNc2ccc(F)cc2S(=O)(=O)C(F)(F)F)s1. The number of hydrogen-bond donors (Lipinski definition) is 1. The summed E-state index contributed by atoms with van der Waals surface area (Å²) < 4.78 is 74.4. The number of alkyl halides is 3. The normalized spacial score (nSPS) is 12.4. The molecule has 0 saturated heterocycles. The van der Waals surface area contributed by atoms with E-state index in [1.165, 1.54) is 11.3 Å². The van der Waals surface area contributed by atoms with Crippen molar-refractivity contribution < 1.29 is 26.0 Å². The van der Waals surface area contributed by atoms with Crippen LogP contribution < -0.4 is 5.32 Å². The van der Waals surface area contributed by atoms with Gasteiger partial charge in [0.25, 0.3) is 9.84 Å². The number of aromatic nitrogens is 1. The Balaban J connectivity index is 2.32. The van der Waals surface area contributed by atoms with Gasteiger partial charge in [0, 0.05) is 11.1 Å². The van der Waals surface area contributed by atoms with Crippen LogP contribution in [0.4, 0.5) is 23.2 Å². The molecule has 0 aliphatic carbocycles. The van der Waals surface area contributed by atoms with Gasteiger partial charge < -0.3 is 5.32 Å². The van der Waals surface area contributed by atoms with Gasteiger partial charge in [0.1, 0.15) is 15.7 Å². The quantitative estimate of drug-likeness (QED) is 0.817. The maximum atomic E-state index is 13.2. The van der Waals surface area contributed by atoms with Crippen LogP contribution in [0.2, 0.25) is 0 Å². The van der Waals surface area contributed by atoms with Crippen molar-refractivity contribution in [3.05, 3.63) is 40.1 Å². The van der Waals surface area contributed by atoms with E-state index in [9.17, 15) is 26.0 Å². The molecule has 1 aromatic carbocycles. The zero-order chi connectivity index (χ0) is 17.3. The molecule has 1 aromatic heterocycles. The number of sulfone groups is 1. The molecule has 0 atom stereocenters.